The van der Waals surface area contributed by atoms with E-state index in [1.807, 2.05) is 0 Å². The van der Waals surface area contributed by atoms with Gasteiger partial charge in [0.15, 0.2) is 0 Å². The molecule has 3 N–H and O–H groups in total. The SMILES string of the molecule is CC(C)(C)OC(=O)NC(CO)C(C)(C)SCC(=O)O. The Morgan fingerprint density at radius 2 is 1.79 bits per heavy atom. The van der Waals surface area contributed by atoms with Crippen LogP contribution in [0.4, 0.5) is 4.79 Å². The summed E-state index contributed by atoms with van der Waals surface area (Å²) in [6.45, 7) is 8.46. The maximum absolute atomic E-state index is 11.6. The minimum Gasteiger partial charge on any atom is -0.481 e. The number of aliphatic hydroxyl groups excluding tert-OH is 1. The molecule has 0 fully saturated rings. The fraction of sp³-hybridized carbons (Fsp3) is 0.833. The van der Waals surface area contributed by atoms with Gasteiger partial charge in [-0.25, -0.2) is 4.79 Å². The van der Waals surface area contributed by atoms with Crippen LogP contribution < -0.4 is 5.32 Å². The Balaban J connectivity index is 4.55. The predicted octanol–water partition coefficient (Wildman–Crippen LogP) is 1.47. The lowest BCUT2D eigenvalue weighted by atomic mass is 10.0. The smallest absolute Gasteiger partial charge is 0.407 e. The van der Waals surface area contributed by atoms with Gasteiger partial charge in [-0.3, -0.25) is 4.79 Å². The van der Waals surface area contributed by atoms with Crippen molar-refractivity contribution < 1.29 is 24.5 Å². The van der Waals surface area contributed by atoms with Crippen molar-refractivity contribution in [2.45, 2.75) is 51.0 Å². The van der Waals surface area contributed by atoms with Crippen LogP contribution in [0.2, 0.25) is 0 Å². The average Bonchev–Trinajstić information content (AvgIpc) is 2.20. The van der Waals surface area contributed by atoms with E-state index in [2.05, 4.69) is 5.32 Å². The number of thioether (sulfide) groups is 1. The van der Waals surface area contributed by atoms with Crippen molar-refractivity contribution in [1.82, 2.24) is 5.32 Å². The second kappa shape index (κ2) is 7.00. The molecule has 1 unspecified atom stereocenters. The molecule has 0 radical (unpaired) electrons. The summed E-state index contributed by atoms with van der Waals surface area (Å²) in [5, 5.41) is 20.6. The van der Waals surface area contributed by atoms with Gasteiger partial charge < -0.3 is 20.3 Å². The zero-order valence-electron chi connectivity index (χ0n) is 12.0. The van der Waals surface area contributed by atoms with E-state index >= 15 is 0 Å². The Bertz CT molecular complexity index is 325. The molecule has 0 saturated carbocycles. The molecule has 6 nitrogen and oxygen atoms in total. The minimum atomic E-state index is -0.938. The van der Waals surface area contributed by atoms with Crippen molar-refractivity contribution in [3.8, 4) is 0 Å². The lowest BCUT2D eigenvalue weighted by molar-refractivity contribution is -0.133. The summed E-state index contributed by atoms with van der Waals surface area (Å²) in [7, 11) is 0. The normalized spacial score (nSPS) is 13.8. The van der Waals surface area contributed by atoms with E-state index in [1.54, 1.807) is 34.6 Å². The van der Waals surface area contributed by atoms with E-state index in [9.17, 15) is 14.7 Å². The fourth-order valence-corrected chi connectivity index (χ4v) is 2.07. The second-order valence-electron chi connectivity index (χ2n) is 5.67. The first-order chi connectivity index (χ1) is 8.48. The van der Waals surface area contributed by atoms with E-state index in [4.69, 9.17) is 9.84 Å². The minimum absolute atomic E-state index is 0.0977. The van der Waals surface area contributed by atoms with E-state index < -0.39 is 28.5 Å². The maximum Gasteiger partial charge on any atom is 0.407 e. The molecular weight excluding hydrogens is 270 g/mol. The van der Waals surface area contributed by atoms with Crippen LogP contribution >= 0.6 is 11.8 Å². The first-order valence-corrected chi connectivity index (χ1v) is 6.92. The summed E-state index contributed by atoms with van der Waals surface area (Å²) in [4.78, 5) is 22.2. The number of alkyl carbamates (subject to hydrolysis) is 1. The van der Waals surface area contributed by atoms with Crippen molar-refractivity contribution in [1.29, 1.82) is 0 Å². The lowest BCUT2D eigenvalue weighted by Crippen LogP contribution is -2.51. The molecule has 0 aromatic rings. The van der Waals surface area contributed by atoms with E-state index in [1.165, 1.54) is 0 Å². The van der Waals surface area contributed by atoms with Crippen LogP contribution in [-0.2, 0) is 9.53 Å². The number of carboxylic acid groups (broad SMARTS) is 1. The number of hydrogen-bond acceptors (Lipinski definition) is 5. The Morgan fingerprint density at radius 3 is 2.16 bits per heavy atom. The molecule has 112 valence electrons. The summed E-state index contributed by atoms with van der Waals surface area (Å²) < 4.78 is 4.48. The van der Waals surface area contributed by atoms with Gasteiger partial charge in [0.05, 0.1) is 18.4 Å². The Morgan fingerprint density at radius 1 is 1.26 bits per heavy atom. The molecule has 0 heterocycles. The van der Waals surface area contributed by atoms with Crippen LogP contribution in [0.25, 0.3) is 0 Å². The summed E-state index contributed by atoms with van der Waals surface area (Å²) in [5.41, 5.74) is -0.623. The number of aliphatic carboxylic acids is 1. The summed E-state index contributed by atoms with van der Waals surface area (Å²) in [6.07, 6.45) is -0.629. The molecule has 0 aromatic heterocycles. The molecule has 0 saturated heterocycles. The number of aliphatic hydroxyl groups is 1. The zero-order valence-corrected chi connectivity index (χ0v) is 12.8. The van der Waals surface area contributed by atoms with Gasteiger partial charge in [0.1, 0.15) is 5.60 Å². The lowest BCUT2D eigenvalue weighted by Gasteiger charge is -2.33. The quantitative estimate of drug-likeness (QED) is 0.686. The molecule has 7 heteroatoms. The zero-order chi connectivity index (χ0) is 15.3. The molecule has 0 rings (SSSR count). The molecule has 0 bridgehead atoms. The first kappa shape index (κ1) is 18.0. The number of carbonyl (C=O) groups is 2. The van der Waals surface area contributed by atoms with Crippen LogP contribution in [0.1, 0.15) is 34.6 Å². The highest BCUT2D eigenvalue weighted by Gasteiger charge is 2.32. The largest absolute Gasteiger partial charge is 0.481 e. The van der Waals surface area contributed by atoms with E-state index in [0.29, 0.717) is 0 Å². The Hall–Kier alpha value is -0.950. The van der Waals surface area contributed by atoms with Crippen molar-refractivity contribution >= 4 is 23.8 Å². The van der Waals surface area contributed by atoms with E-state index in [-0.39, 0.29) is 12.4 Å². The molecule has 0 aliphatic carbocycles. The molecule has 0 aliphatic rings. The highest BCUT2D eigenvalue weighted by Crippen LogP contribution is 2.28. The van der Waals surface area contributed by atoms with Gasteiger partial charge in [0.25, 0.3) is 0 Å². The van der Waals surface area contributed by atoms with Gasteiger partial charge in [0.2, 0.25) is 0 Å². The summed E-state index contributed by atoms with van der Waals surface area (Å²) >= 11 is 1.15. The van der Waals surface area contributed by atoms with Crippen LogP contribution in [0, 0.1) is 0 Å². The van der Waals surface area contributed by atoms with Crippen LogP contribution in [0.5, 0.6) is 0 Å². The summed E-state index contributed by atoms with van der Waals surface area (Å²) in [6, 6.07) is -0.591. The second-order valence-corrected chi connectivity index (χ2v) is 7.30. The number of nitrogens with one attached hydrogen (secondary N) is 1. The fourth-order valence-electron chi connectivity index (χ4n) is 1.24. The number of hydrogen-bond donors (Lipinski definition) is 3. The van der Waals surface area contributed by atoms with Crippen LogP contribution in [0.3, 0.4) is 0 Å². The van der Waals surface area contributed by atoms with Crippen molar-refractivity contribution in [2.24, 2.45) is 0 Å². The molecular formula is C12H23NO5S. The molecule has 0 spiro atoms. The maximum atomic E-state index is 11.6. The van der Waals surface area contributed by atoms with Crippen LogP contribution in [-0.4, -0.2) is 51.0 Å². The molecule has 19 heavy (non-hydrogen) atoms. The van der Waals surface area contributed by atoms with Crippen molar-refractivity contribution in [3.63, 3.8) is 0 Å². The number of carbonyl (C=O) groups excluding carboxylic acids is 1. The number of ether oxygens (including phenoxy) is 1. The Kier molecular flexibility index (Phi) is 6.65. The number of carboxylic acids is 1. The van der Waals surface area contributed by atoms with Gasteiger partial charge in [-0.2, -0.15) is 0 Å². The number of amides is 1. The number of rotatable bonds is 6. The standard InChI is InChI=1S/C12H23NO5S/c1-11(2,3)18-10(17)13-8(6-14)12(4,5)19-7-9(15)16/h8,14H,6-7H2,1-5H3,(H,13,17)(H,15,16). The predicted molar refractivity (Wildman–Crippen MR) is 74.4 cm³/mol. The molecule has 0 aliphatic heterocycles. The van der Waals surface area contributed by atoms with Gasteiger partial charge in [-0.15, -0.1) is 11.8 Å². The Labute approximate surface area is 117 Å². The van der Waals surface area contributed by atoms with Gasteiger partial charge >= 0.3 is 12.1 Å². The average molecular weight is 293 g/mol. The van der Waals surface area contributed by atoms with Gasteiger partial charge in [-0.1, -0.05) is 0 Å². The third kappa shape index (κ3) is 7.94. The highest BCUT2D eigenvalue weighted by atomic mass is 32.2. The van der Waals surface area contributed by atoms with E-state index in [0.717, 1.165) is 11.8 Å². The third-order valence-electron chi connectivity index (χ3n) is 2.28. The highest BCUT2D eigenvalue weighted by molar-refractivity contribution is 8.01. The molecule has 0 aromatic carbocycles. The topological polar surface area (TPSA) is 95.9 Å². The first-order valence-electron chi connectivity index (χ1n) is 5.94. The molecule has 1 atom stereocenters. The van der Waals surface area contributed by atoms with Crippen molar-refractivity contribution in [2.75, 3.05) is 12.4 Å². The van der Waals surface area contributed by atoms with Gasteiger partial charge in [-0.05, 0) is 34.6 Å². The summed E-state index contributed by atoms with van der Waals surface area (Å²) in [5.74, 6) is -1.04. The third-order valence-corrected chi connectivity index (χ3v) is 3.70. The van der Waals surface area contributed by atoms with Crippen molar-refractivity contribution in [3.05, 3.63) is 0 Å². The monoisotopic (exact) mass is 293 g/mol. The molecule has 1 amide bonds. The van der Waals surface area contributed by atoms with Crippen LogP contribution in [0.15, 0.2) is 0 Å². The van der Waals surface area contributed by atoms with Gasteiger partial charge in [0, 0.05) is 4.75 Å².